The molecule has 3 nitrogen and oxygen atoms in total. The van der Waals surface area contributed by atoms with Gasteiger partial charge in [0.1, 0.15) is 0 Å². The first-order chi connectivity index (χ1) is 6.68. The van der Waals surface area contributed by atoms with Crippen LogP contribution < -0.4 is 15.1 Å². The van der Waals surface area contributed by atoms with E-state index >= 15 is 0 Å². The fourth-order valence-corrected chi connectivity index (χ4v) is 2.18. The Kier molecular flexibility index (Phi) is 5.45. The van der Waals surface area contributed by atoms with E-state index in [1.807, 2.05) is 0 Å². The zero-order chi connectivity index (χ0) is 10.4. The van der Waals surface area contributed by atoms with E-state index in [1.54, 1.807) is 9.80 Å². The summed E-state index contributed by atoms with van der Waals surface area (Å²) >= 11 is 0. The number of hydrogen-bond donors (Lipinski definition) is 3. The van der Waals surface area contributed by atoms with E-state index in [2.05, 4.69) is 26.5 Å². The smallest absolute Gasteiger partial charge is 0.0967 e. The molecule has 0 amide bonds. The summed E-state index contributed by atoms with van der Waals surface area (Å²) in [7, 11) is 6.78. The molecule has 1 saturated heterocycles. The molecule has 0 bridgehead atoms. The Morgan fingerprint density at radius 2 is 1.93 bits per heavy atom. The number of piperidine rings is 1. The van der Waals surface area contributed by atoms with Gasteiger partial charge >= 0.3 is 0 Å². The van der Waals surface area contributed by atoms with E-state index in [1.165, 1.54) is 45.4 Å². The maximum absolute atomic E-state index is 2.58. The number of quaternary nitrogens is 3. The number of nitrogens with one attached hydrogen (secondary N) is 2. The molecular weight excluding hydrogens is 174 g/mol. The van der Waals surface area contributed by atoms with Gasteiger partial charge in [0.25, 0.3) is 0 Å². The highest BCUT2D eigenvalue weighted by Gasteiger charge is 2.21. The molecule has 0 radical (unpaired) electrons. The van der Waals surface area contributed by atoms with Gasteiger partial charge in [0, 0.05) is 19.3 Å². The zero-order valence-electron chi connectivity index (χ0n) is 10.1. The molecule has 0 aromatic rings. The van der Waals surface area contributed by atoms with Gasteiger partial charge in [-0.25, -0.2) is 0 Å². The molecule has 0 saturated carbocycles. The van der Waals surface area contributed by atoms with Crippen LogP contribution in [-0.2, 0) is 0 Å². The number of hydrogen-bond acceptors (Lipinski definition) is 0. The van der Waals surface area contributed by atoms with Gasteiger partial charge in [0.2, 0.25) is 0 Å². The minimum Gasteiger partial charge on any atom is -0.343 e. The van der Waals surface area contributed by atoms with Crippen LogP contribution >= 0.6 is 0 Å². The van der Waals surface area contributed by atoms with Crippen molar-refractivity contribution in [2.45, 2.75) is 25.3 Å². The number of rotatable bonds is 5. The van der Waals surface area contributed by atoms with Gasteiger partial charge in [-0.2, -0.15) is 0 Å². The third-order valence-electron chi connectivity index (χ3n) is 3.26. The third kappa shape index (κ3) is 4.94. The number of likely N-dealkylation sites (tertiary alicyclic amines) is 1. The van der Waals surface area contributed by atoms with Crippen LogP contribution in [0.4, 0.5) is 0 Å². The standard InChI is InChI=1S/C11H25N3/c1-13(2)8-4-7-12-11-5-9-14(3)10-6-11/h11-12H,4-10H2,1-3H3/p+3. The molecule has 0 aromatic heterocycles. The van der Waals surface area contributed by atoms with Crippen LogP contribution in [0.1, 0.15) is 19.3 Å². The summed E-state index contributed by atoms with van der Waals surface area (Å²) in [5.74, 6) is 0. The van der Waals surface area contributed by atoms with Crippen LogP contribution in [0.15, 0.2) is 0 Å². The van der Waals surface area contributed by atoms with Gasteiger partial charge in [-0.15, -0.1) is 0 Å². The van der Waals surface area contributed by atoms with Gasteiger partial charge in [0.15, 0.2) is 0 Å². The molecule has 0 atom stereocenters. The average molecular weight is 202 g/mol. The van der Waals surface area contributed by atoms with Gasteiger partial charge in [-0.05, 0) is 0 Å². The molecule has 0 spiro atoms. The highest BCUT2D eigenvalue weighted by molar-refractivity contribution is 4.56. The monoisotopic (exact) mass is 202 g/mol. The SMILES string of the molecule is C[NH+](C)CCC[NH2+]C1CC[NH+](C)CC1. The summed E-state index contributed by atoms with van der Waals surface area (Å²) in [5, 5.41) is 2.58. The van der Waals surface area contributed by atoms with Crippen molar-refractivity contribution < 1.29 is 15.1 Å². The summed E-state index contributed by atoms with van der Waals surface area (Å²) in [6, 6.07) is 0.927. The highest BCUT2D eigenvalue weighted by Crippen LogP contribution is 1.92. The van der Waals surface area contributed by atoms with Gasteiger partial charge in [0.05, 0.1) is 53.4 Å². The predicted molar refractivity (Wildman–Crippen MR) is 58.7 cm³/mol. The van der Waals surface area contributed by atoms with Crippen molar-refractivity contribution in [1.29, 1.82) is 0 Å². The van der Waals surface area contributed by atoms with Crippen molar-refractivity contribution in [1.82, 2.24) is 0 Å². The predicted octanol–water partition coefficient (Wildman–Crippen LogP) is -3.24. The van der Waals surface area contributed by atoms with Crippen molar-refractivity contribution in [3.05, 3.63) is 0 Å². The summed E-state index contributed by atoms with van der Waals surface area (Å²) in [4.78, 5) is 3.29. The Morgan fingerprint density at radius 1 is 1.29 bits per heavy atom. The fraction of sp³-hybridized carbons (Fsp3) is 1.00. The first kappa shape index (κ1) is 12.0. The largest absolute Gasteiger partial charge is 0.343 e. The molecule has 1 aliphatic heterocycles. The van der Waals surface area contributed by atoms with E-state index in [-0.39, 0.29) is 0 Å². The van der Waals surface area contributed by atoms with E-state index < -0.39 is 0 Å². The minimum absolute atomic E-state index is 0.927. The lowest BCUT2D eigenvalue weighted by Gasteiger charge is -2.24. The fourth-order valence-electron chi connectivity index (χ4n) is 2.18. The van der Waals surface area contributed by atoms with Crippen LogP contribution in [0.2, 0.25) is 0 Å². The Hall–Kier alpha value is -0.120. The first-order valence-corrected chi connectivity index (χ1v) is 6.12. The molecule has 1 rings (SSSR count). The molecule has 4 N–H and O–H groups in total. The lowest BCUT2D eigenvalue weighted by molar-refractivity contribution is -0.894. The normalized spacial score (nSPS) is 28.3. The lowest BCUT2D eigenvalue weighted by atomic mass is 10.1. The van der Waals surface area contributed by atoms with E-state index in [0.29, 0.717) is 0 Å². The Labute approximate surface area is 88.5 Å². The highest BCUT2D eigenvalue weighted by atomic mass is 15.1. The van der Waals surface area contributed by atoms with Crippen LogP contribution in [0, 0.1) is 0 Å². The summed E-state index contributed by atoms with van der Waals surface area (Å²) < 4.78 is 0. The van der Waals surface area contributed by atoms with Crippen LogP contribution in [-0.4, -0.2) is 53.4 Å². The molecule has 0 unspecified atom stereocenters. The van der Waals surface area contributed by atoms with Gasteiger partial charge in [-0.3, -0.25) is 0 Å². The van der Waals surface area contributed by atoms with Crippen molar-refractivity contribution in [3.63, 3.8) is 0 Å². The molecule has 84 valence electrons. The quantitative estimate of drug-likeness (QED) is 0.391. The molecular formula is C11H28N3+3. The van der Waals surface area contributed by atoms with Crippen molar-refractivity contribution in [3.8, 4) is 0 Å². The topological polar surface area (TPSA) is 25.5 Å². The molecule has 14 heavy (non-hydrogen) atoms. The minimum atomic E-state index is 0.927. The molecule has 3 heteroatoms. The van der Waals surface area contributed by atoms with Gasteiger partial charge in [-0.1, -0.05) is 0 Å². The molecule has 1 heterocycles. The second-order valence-corrected chi connectivity index (χ2v) is 5.13. The molecule has 1 aliphatic rings. The van der Waals surface area contributed by atoms with E-state index in [4.69, 9.17) is 0 Å². The Bertz CT molecular complexity index is 139. The van der Waals surface area contributed by atoms with Crippen molar-refractivity contribution in [2.24, 2.45) is 0 Å². The average Bonchev–Trinajstić information content (AvgIpc) is 2.15. The summed E-state index contributed by atoms with van der Waals surface area (Å²) in [5.41, 5.74) is 0. The first-order valence-electron chi connectivity index (χ1n) is 6.12. The van der Waals surface area contributed by atoms with E-state index in [9.17, 15) is 0 Å². The van der Waals surface area contributed by atoms with Gasteiger partial charge < -0.3 is 15.1 Å². The molecule has 0 aromatic carbocycles. The second kappa shape index (κ2) is 6.38. The van der Waals surface area contributed by atoms with Crippen molar-refractivity contribution >= 4 is 0 Å². The maximum Gasteiger partial charge on any atom is 0.0967 e. The van der Waals surface area contributed by atoms with E-state index in [0.717, 1.165) is 6.04 Å². The van der Waals surface area contributed by atoms with Crippen LogP contribution in [0.25, 0.3) is 0 Å². The Morgan fingerprint density at radius 3 is 2.50 bits per heavy atom. The lowest BCUT2D eigenvalue weighted by Crippen LogP contribution is -3.12. The van der Waals surface area contributed by atoms with Crippen LogP contribution in [0.3, 0.4) is 0 Å². The van der Waals surface area contributed by atoms with Crippen LogP contribution in [0.5, 0.6) is 0 Å². The Balaban J connectivity index is 1.96. The maximum atomic E-state index is 2.58. The molecule has 0 aliphatic carbocycles. The second-order valence-electron chi connectivity index (χ2n) is 5.13. The molecule has 1 fully saturated rings. The summed E-state index contributed by atoms with van der Waals surface area (Å²) in [6.07, 6.45) is 4.20. The number of nitrogens with two attached hydrogens (primary N) is 1. The summed E-state index contributed by atoms with van der Waals surface area (Å²) in [6.45, 7) is 5.39. The zero-order valence-corrected chi connectivity index (χ0v) is 10.1. The van der Waals surface area contributed by atoms with Crippen molar-refractivity contribution in [2.75, 3.05) is 47.3 Å². The third-order valence-corrected chi connectivity index (χ3v) is 3.26.